The Balaban J connectivity index is 1.98. The number of ether oxygens (including phenoxy) is 2. The van der Waals surface area contributed by atoms with E-state index < -0.39 is 5.60 Å². The first kappa shape index (κ1) is 29.2. The van der Waals surface area contributed by atoms with Crippen LogP contribution < -0.4 is 4.74 Å². The molecule has 0 aliphatic carbocycles. The van der Waals surface area contributed by atoms with Crippen molar-refractivity contribution in [2.24, 2.45) is 0 Å². The van der Waals surface area contributed by atoms with E-state index in [1.165, 1.54) is 16.7 Å². The summed E-state index contributed by atoms with van der Waals surface area (Å²) in [6.07, 6.45) is 7.35. The lowest BCUT2D eigenvalue weighted by Crippen LogP contribution is -2.26. The van der Waals surface area contributed by atoms with Crippen molar-refractivity contribution >= 4 is 12.5 Å². The Morgan fingerprint density at radius 3 is 2.05 bits per heavy atom. The van der Waals surface area contributed by atoms with Gasteiger partial charge in [-0.15, -0.1) is 0 Å². The minimum Gasteiger partial charge on any atom is -0.496 e. The van der Waals surface area contributed by atoms with E-state index in [2.05, 4.69) is 69.3 Å². The zero-order valence-electron chi connectivity index (χ0n) is 23.7. The Morgan fingerprint density at radius 2 is 1.50 bits per heavy atom. The van der Waals surface area contributed by atoms with Gasteiger partial charge in [-0.2, -0.15) is 0 Å². The smallest absolute Gasteiger partial charge is 0.293 e. The molecule has 1 N–H and O–H groups in total. The molecule has 0 heterocycles. The average Bonchev–Trinajstić information content (AvgIpc) is 2.96. The standard InChI is InChI=1S/C34H42O4/c1-7-33(36,8-2)20-19-27-12-17-30(21-25(27)5)34(9-3,10-4)29-15-13-28(14-16-29)31-22-26(23-38-24-35)11-18-32(31)37-6/h11-22,24,36H,7-10,23H2,1-6H3. The number of carbonyl (C=O) groups is 1. The van der Waals surface area contributed by atoms with Crippen LogP contribution in [0.2, 0.25) is 0 Å². The number of methoxy groups -OCH3 is 1. The Hall–Kier alpha value is -3.37. The van der Waals surface area contributed by atoms with Crippen molar-refractivity contribution in [1.29, 1.82) is 0 Å². The zero-order chi connectivity index (χ0) is 27.8. The highest BCUT2D eigenvalue weighted by molar-refractivity contribution is 5.72. The third-order valence-corrected chi connectivity index (χ3v) is 8.16. The average molecular weight is 515 g/mol. The third-order valence-electron chi connectivity index (χ3n) is 8.16. The van der Waals surface area contributed by atoms with E-state index in [1.54, 1.807) is 7.11 Å². The van der Waals surface area contributed by atoms with E-state index in [1.807, 2.05) is 38.1 Å². The van der Waals surface area contributed by atoms with Gasteiger partial charge in [0.05, 0.1) is 12.7 Å². The Labute approximate surface area is 228 Å². The Morgan fingerprint density at radius 1 is 0.842 bits per heavy atom. The summed E-state index contributed by atoms with van der Waals surface area (Å²) >= 11 is 0. The molecule has 0 aliphatic rings. The summed E-state index contributed by atoms with van der Waals surface area (Å²) in [5, 5.41) is 10.7. The monoisotopic (exact) mass is 514 g/mol. The summed E-state index contributed by atoms with van der Waals surface area (Å²) in [5.41, 5.74) is 6.99. The van der Waals surface area contributed by atoms with Crippen molar-refractivity contribution in [2.75, 3.05) is 7.11 Å². The van der Waals surface area contributed by atoms with Crippen molar-refractivity contribution in [2.45, 2.75) is 77.9 Å². The SMILES string of the molecule is CCC(O)(C=Cc1ccc(C(CC)(CC)c2ccc(-c3cc(COC=O)ccc3OC)cc2)cc1C)CC. The Kier molecular flexibility index (Phi) is 9.93. The van der Waals surface area contributed by atoms with Crippen molar-refractivity contribution in [3.8, 4) is 16.9 Å². The molecule has 4 nitrogen and oxygen atoms in total. The molecule has 0 amide bonds. The summed E-state index contributed by atoms with van der Waals surface area (Å²) in [5.74, 6) is 0.780. The van der Waals surface area contributed by atoms with Crippen LogP contribution in [0.5, 0.6) is 5.75 Å². The first-order valence-corrected chi connectivity index (χ1v) is 13.7. The summed E-state index contributed by atoms with van der Waals surface area (Å²) in [6.45, 7) is 11.4. The van der Waals surface area contributed by atoms with Gasteiger partial charge in [0.2, 0.25) is 0 Å². The molecule has 0 unspecified atom stereocenters. The molecule has 0 bridgehead atoms. The quantitative estimate of drug-likeness (QED) is 0.235. The van der Waals surface area contributed by atoms with Crippen LogP contribution >= 0.6 is 0 Å². The fourth-order valence-electron chi connectivity index (χ4n) is 5.29. The molecule has 0 fully saturated rings. The highest BCUT2D eigenvalue weighted by atomic mass is 16.5. The number of hydrogen-bond acceptors (Lipinski definition) is 4. The number of hydrogen-bond donors (Lipinski definition) is 1. The van der Waals surface area contributed by atoms with Crippen LogP contribution in [0.3, 0.4) is 0 Å². The van der Waals surface area contributed by atoms with Crippen molar-refractivity contribution in [3.63, 3.8) is 0 Å². The van der Waals surface area contributed by atoms with Gasteiger partial charge in [0.1, 0.15) is 12.4 Å². The summed E-state index contributed by atoms with van der Waals surface area (Å²) in [7, 11) is 1.67. The maximum absolute atomic E-state index is 10.7. The molecular formula is C34H42O4. The van der Waals surface area contributed by atoms with Gasteiger partial charge < -0.3 is 14.6 Å². The molecule has 0 saturated heterocycles. The van der Waals surface area contributed by atoms with Gasteiger partial charge in [-0.05, 0) is 78.1 Å². The minimum atomic E-state index is -0.757. The molecule has 0 atom stereocenters. The fraction of sp³-hybridized carbons (Fsp3) is 0.382. The maximum atomic E-state index is 10.7. The number of rotatable bonds is 13. The second kappa shape index (κ2) is 12.9. The summed E-state index contributed by atoms with van der Waals surface area (Å²) in [4.78, 5) is 10.6. The van der Waals surface area contributed by atoms with E-state index >= 15 is 0 Å². The topological polar surface area (TPSA) is 55.8 Å². The van der Waals surface area contributed by atoms with Gasteiger partial charge in [-0.3, -0.25) is 4.79 Å². The zero-order valence-corrected chi connectivity index (χ0v) is 23.7. The van der Waals surface area contributed by atoms with Crippen LogP contribution in [0, 0.1) is 6.92 Å². The molecule has 38 heavy (non-hydrogen) atoms. The van der Waals surface area contributed by atoms with Gasteiger partial charge in [0.25, 0.3) is 6.47 Å². The molecule has 3 rings (SSSR count). The lowest BCUT2D eigenvalue weighted by atomic mass is 9.70. The maximum Gasteiger partial charge on any atom is 0.293 e. The molecule has 0 aliphatic heterocycles. The van der Waals surface area contributed by atoms with Gasteiger partial charge >= 0.3 is 0 Å². The van der Waals surface area contributed by atoms with E-state index in [4.69, 9.17) is 9.47 Å². The second-order valence-electron chi connectivity index (χ2n) is 10.0. The van der Waals surface area contributed by atoms with Crippen molar-refractivity contribution in [1.82, 2.24) is 0 Å². The summed E-state index contributed by atoms with van der Waals surface area (Å²) in [6, 6.07) is 21.3. The van der Waals surface area contributed by atoms with Crippen LogP contribution in [-0.4, -0.2) is 24.3 Å². The number of aryl methyl sites for hydroxylation is 1. The lowest BCUT2D eigenvalue weighted by molar-refractivity contribution is -0.129. The molecule has 3 aromatic carbocycles. The van der Waals surface area contributed by atoms with Crippen molar-refractivity contribution < 1.29 is 19.4 Å². The van der Waals surface area contributed by atoms with Crippen molar-refractivity contribution in [3.05, 3.63) is 94.6 Å². The van der Waals surface area contributed by atoms with Crippen LogP contribution in [0.25, 0.3) is 17.2 Å². The van der Waals surface area contributed by atoms with Gasteiger partial charge in [0, 0.05) is 11.0 Å². The van der Waals surface area contributed by atoms with Crippen LogP contribution in [0.4, 0.5) is 0 Å². The van der Waals surface area contributed by atoms with E-state index in [0.29, 0.717) is 19.3 Å². The molecule has 4 heteroatoms. The molecule has 202 valence electrons. The van der Waals surface area contributed by atoms with E-state index in [-0.39, 0.29) is 12.0 Å². The Bertz CT molecular complexity index is 1230. The second-order valence-corrected chi connectivity index (χ2v) is 10.0. The van der Waals surface area contributed by atoms with Gasteiger partial charge in [0.15, 0.2) is 0 Å². The number of aliphatic hydroxyl groups is 1. The highest BCUT2D eigenvalue weighted by Gasteiger charge is 2.31. The van der Waals surface area contributed by atoms with Crippen LogP contribution in [0.1, 0.15) is 81.2 Å². The molecule has 0 aromatic heterocycles. The third kappa shape index (κ3) is 6.19. The highest BCUT2D eigenvalue weighted by Crippen LogP contribution is 2.41. The van der Waals surface area contributed by atoms with E-state index in [9.17, 15) is 9.90 Å². The lowest BCUT2D eigenvalue weighted by Gasteiger charge is -2.34. The molecule has 0 spiro atoms. The molecule has 0 saturated carbocycles. The summed E-state index contributed by atoms with van der Waals surface area (Å²) < 4.78 is 10.6. The predicted molar refractivity (Wildman–Crippen MR) is 156 cm³/mol. The normalized spacial score (nSPS) is 12.1. The minimum absolute atomic E-state index is 0.108. The van der Waals surface area contributed by atoms with Gasteiger partial charge in [-0.25, -0.2) is 0 Å². The first-order valence-electron chi connectivity index (χ1n) is 13.7. The molecular weight excluding hydrogens is 472 g/mol. The van der Waals surface area contributed by atoms with Crippen LogP contribution in [0.15, 0.2) is 66.7 Å². The number of carbonyl (C=O) groups excluding carboxylic acids is 1. The van der Waals surface area contributed by atoms with Crippen LogP contribution in [-0.2, 0) is 21.6 Å². The molecule has 3 aromatic rings. The largest absolute Gasteiger partial charge is 0.496 e. The molecule has 0 radical (unpaired) electrons. The predicted octanol–water partition coefficient (Wildman–Crippen LogP) is 8.01. The first-order chi connectivity index (χ1) is 18.3. The van der Waals surface area contributed by atoms with E-state index in [0.717, 1.165) is 40.8 Å². The van der Waals surface area contributed by atoms with Gasteiger partial charge in [-0.1, -0.05) is 88.4 Å². The number of benzene rings is 3. The fourth-order valence-corrected chi connectivity index (χ4v) is 5.29.